The molecule has 212 valence electrons. The van der Waals surface area contributed by atoms with Gasteiger partial charge in [-0.3, -0.25) is 9.59 Å². The molecule has 1 heterocycles. The van der Waals surface area contributed by atoms with E-state index in [1.54, 1.807) is 0 Å². The summed E-state index contributed by atoms with van der Waals surface area (Å²) in [6.07, 6.45) is 33.5. The molecule has 0 bridgehead atoms. The Labute approximate surface area is 224 Å². The second-order valence-electron chi connectivity index (χ2n) is 11.1. The lowest BCUT2D eigenvalue weighted by atomic mass is 10.0. The summed E-state index contributed by atoms with van der Waals surface area (Å²) < 4.78 is 10.8. The van der Waals surface area contributed by atoms with Crippen LogP contribution in [-0.4, -0.2) is 25.2 Å². The fourth-order valence-electron chi connectivity index (χ4n) is 5.15. The minimum absolute atomic E-state index is 0.00757. The van der Waals surface area contributed by atoms with Crippen LogP contribution in [0.2, 0.25) is 0 Å². The van der Waals surface area contributed by atoms with Crippen LogP contribution in [0.3, 0.4) is 0 Å². The Morgan fingerprint density at radius 2 is 0.472 bits per heavy atom. The highest BCUT2D eigenvalue weighted by molar-refractivity contribution is 5.69. The third-order valence-corrected chi connectivity index (χ3v) is 7.58. The summed E-state index contributed by atoms with van der Waals surface area (Å²) in [7, 11) is 0. The molecule has 4 nitrogen and oxygen atoms in total. The van der Waals surface area contributed by atoms with Crippen molar-refractivity contribution in [2.24, 2.45) is 0 Å². The van der Waals surface area contributed by atoms with Crippen molar-refractivity contribution in [3.8, 4) is 0 Å². The smallest absolute Gasteiger partial charge is 0.305 e. The molecule has 1 rings (SSSR count). The summed E-state index contributed by atoms with van der Waals surface area (Å²) >= 11 is 0. The Balaban J connectivity index is 2.11. The molecule has 1 aliphatic heterocycles. The van der Waals surface area contributed by atoms with Crippen LogP contribution in [0.1, 0.15) is 180 Å². The number of hydrogen-bond donors (Lipinski definition) is 0. The Morgan fingerprint density at radius 3 is 0.722 bits per heavy atom. The second kappa shape index (κ2) is 27.0. The lowest BCUT2D eigenvalue weighted by Crippen LogP contribution is -2.05. The molecule has 0 unspecified atom stereocenters. The fraction of sp³-hybridized carbons (Fsp3) is 0.938. The first-order valence-corrected chi connectivity index (χ1v) is 16.1. The van der Waals surface area contributed by atoms with E-state index in [0.717, 1.165) is 38.5 Å². The van der Waals surface area contributed by atoms with Gasteiger partial charge in [0.15, 0.2) is 0 Å². The van der Waals surface area contributed by atoms with Crippen molar-refractivity contribution in [3.63, 3.8) is 0 Å². The van der Waals surface area contributed by atoms with E-state index in [-0.39, 0.29) is 11.9 Å². The molecule has 0 atom stereocenters. The van der Waals surface area contributed by atoms with Crippen molar-refractivity contribution >= 4 is 11.9 Å². The predicted molar refractivity (Wildman–Crippen MR) is 151 cm³/mol. The van der Waals surface area contributed by atoms with Crippen molar-refractivity contribution in [2.45, 2.75) is 180 Å². The molecule has 1 saturated heterocycles. The Bertz CT molecular complexity index is 407. The summed E-state index contributed by atoms with van der Waals surface area (Å²) in [5.41, 5.74) is 0. The van der Waals surface area contributed by atoms with Gasteiger partial charge in [0.1, 0.15) is 0 Å². The SMILES string of the molecule is O=C1CCCCCCCCCCCCCCCOC(=O)CCCCCCCCCCCCCCCO1. The van der Waals surface area contributed by atoms with E-state index in [2.05, 4.69) is 0 Å². The van der Waals surface area contributed by atoms with Crippen LogP contribution in [0.25, 0.3) is 0 Å². The second-order valence-corrected chi connectivity index (χ2v) is 11.1. The molecule has 1 aliphatic rings. The molecule has 0 aliphatic carbocycles. The molecule has 0 saturated carbocycles. The summed E-state index contributed by atoms with van der Waals surface area (Å²) in [5.74, 6) is 0.0151. The topological polar surface area (TPSA) is 52.6 Å². The number of carbonyl (C=O) groups is 2. The van der Waals surface area contributed by atoms with E-state index in [4.69, 9.17) is 9.47 Å². The highest BCUT2D eigenvalue weighted by Crippen LogP contribution is 2.15. The monoisotopic (exact) mass is 508 g/mol. The van der Waals surface area contributed by atoms with Crippen molar-refractivity contribution in [1.29, 1.82) is 0 Å². The minimum Gasteiger partial charge on any atom is -0.466 e. The Hall–Kier alpha value is -1.06. The van der Waals surface area contributed by atoms with Gasteiger partial charge in [-0.1, -0.05) is 141 Å². The first-order chi connectivity index (χ1) is 17.8. The molecule has 0 N–H and O–H groups in total. The Morgan fingerprint density at radius 1 is 0.278 bits per heavy atom. The van der Waals surface area contributed by atoms with E-state index in [1.165, 1.54) is 128 Å². The zero-order valence-electron chi connectivity index (χ0n) is 23.8. The van der Waals surface area contributed by atoms with Crippen LogP contribution in [0.4, 0.5) is 0 Å². The third kappa shape index (κ3) is 24.6. The van der Waals surface area contributed by atoms with E-state index in [1.807, 2.05) is 0 Å². The average Bonchev–Trinajstić information content (AvgIpc) is 2.87. The number of esters is 2. The molecule has 1 fully saturated rings. The lowest BCUT2D eigenvalue weighted by Gasteiger charge is -2.06. The molecule has 4 heteroatoms. The van der Waals surface area contributed by atoms with E-state index in [9.17, 15) is 9.59 Å². The maximum atomic E-state index is 11.9. The van der Waals surface area contributed by atoms with Gasteiger partial charge in [0.2, 0.25) is 0 Å². The van der Waals surface area contributed by atoms with Crippen molar-refractivity contribution < 1.29 is 19.1 Å². The average molecular weight is 509 g/mol. The van der Waals surface area contributed by atoms with Gasteiger partial charge < -0.3 is 9.47 Å². The zero-order valence-corrected chi connectivity index (χ0v) is 23.8. The number of hydrogen-bond acceptors (Lipinski definition) is 4. The lowest BCUT2D eigenvalue weighted by molar-refractivity contribution is -0.144. The highest BCUT2D eigenvalue weighted by Gasteiger charge is 2.04. The fourth-order valence-corrected chi connectivity index (χ4v) is 5.15. The highest BCUT2D eigenvalue weighted by atomic mass is 16.5. The van der Waals surface area contributed by atoms with Gasteiger partial charge in [-0.15, -0.1) is 0 Å². The van der Waals surface area contributed by atoms with Crippen molar-refractivity contribution in [2.75, 3.05) is 13.2 Å². The quantitative estimate of drug-likeness (QED) is 0.305. The predicted octanol–water partition coefficient (Wildman–Crippen LogP) is 10.0. The first kappa shape index (κ1) is 33.0. The van der Waals surface area contributed by atoms with Crippen LogP contribution < -0.4 is 0 Å². The molecule has 0 amide bonds. The van der Waals surface area contributed by atoms with Crippen LogP contribution in [0.5, 0.6) is 0 Å². The number of rotatable bonds is 0. The molecule has 0 radical (unpaired) electrons. The van der Waals surface area contributed by atoms with Gasteiger partial charge in [-0.25, -0.2) is 0 Å². The van der Waals surface area contributed by atoms with Crippen LogP contribution >= 0.6 is 0 Å². The number of ether oxygens (including phenoxy) is 2. The zero-order chi connectivity index (χ0) is 25.8. The van der Waals surface area contributed by atoms with Crippen molar-refractivity contribution in [1.82, 2.24) is 0 Å². The van der Waals surface area contributed by atoms with Crippen molar-refractivity contribution in [3.05, 3.63) is 0 Å². The standard InChI is InChI=1S/C32H60O4/c33-31-27-23-19-15-11-7-3-1-5-9-13-17-21-25-29-35-32(34)28-24-20-16-12-8-4-2-6-10-14-18-22-26-30-36-31/h1-30H2. The maximum absolute atomic E-state index is 11.9. The minimum atomic E-state index is 0.00757. The summed E-state index contributed by atoms with van der Waals surface area (Å²) in [4.78, 5) is 23.7. The molecular weight excluding hydrogens is 448 g/mol. The largest absolute Gasteiger partial charge is 0.466 e. The van der Waals surface area contributed by atoms with Gasteiger partial charge in [0, 0.05) is 12.8 Å². The van der Waals surface area contributed by atoms with Crippen LogP contribution in [0, 0.1) is 0 Å². The molecule has 0 aromatic heterocycles. The van der Waals surface area contributed by atoms with Crippen LogP contribution in [-0.2, 0) is 19.1 Å². The normalized spacial score (nSPS) is 23.0. The van der Waals surface area contributed by atoms with E-state index < -0.39 is 0 Å². The number of carbonyl (C=O) groups excluding carboxylic acids is 2. The van der Waals surface area contributed by atoms with E-state index in [0.29, 0.717) is 26.1 Å². The van der Waals surface area contributed by atoms with Crippen LogP contribution in [0.15, 0.2) is 0 Å². The molecule has 36 heavy (non-hydrogen) atoms. The summed E-state index contributed by atoms with van der Waals surface area (Å²) in [5, 5.41) is 0. The van der Waals surface area contributed by atoms with Gasteiger partial charge in [0.25, 0.3) is 0 Å². The van der Waals surface area contributed by atoms with Gasteiger partial charge in [-0.05, 0) is 25.7 Å². The Kier molecular flexibility index (Phi) is 24.7. The summed E-state index contributed by atoms with van der Waals surface area (Å²) in [6, 6.07) is 0. The molecule has 0 spiro atoms. The van der Waals surface area contributed by atoms with Gasteiger partial charge in [0.05, 0.1) is 13.2 Å². The third-order valence-electron chi connectivity index (χ3n) is 7.58. The van der Waals surface area contributed by atoms with E-state index >= 15 is 0 Å². The van der Waals surface area contributed by atoms with Gasteiger partial charge in [-0.2, -0.15) is 0 Å². The number of cyclic esters (lactones) is 2. The first-order valence-electron chi connectivity index (χ1n) is 16.1. The summed E-state index contributed by atoms with van der Waals surface area (Å²) in [6.45, 7) is 1.22. The molecular formula is C32H60O4. The molecule has 0 aromatic carbocycles. The molecule has 0 aromatic rings. The maximum Gasteiger partial charge on any atom is 0.305 e. The van der Waals surface area contributed by atoms with Gasteiger partial charge >= 0.3 is 11.9 Å².